The third kappa shape index (κ3) is 4.38. The Labute approximate surface area is 174 Å². The van der Waals surface area contributed by atoms with Crippen molar-refractivity contribution in [3.63, 3.8) is 0 Å². The summed E-state index contributed by atoms with van der Waals surface area (Å²) in [7, 11) is 0.504. The Morgan fingerprint density at radius 2 is 1.73 bits per heavy atom. The molecule has 0 aliphatic heterocycles. The highest BCUT2D eigenvalue weighted by atomic mass is 32.2. The molecule has 3 aromatic rings. The van der Waals surface area contributed by atoms with E-state index in [0.29, 0.717) is 12.3 Å². The zero-order valence-electron chi connectivity index (χ0n) is 16.7. The average molecular weight is 430 g/mol. The zero-order valence-corrected chi connectivity index (χ0v) is 17.6. The van der Waals surface area contributed by atoms with Gasteiger partial charge in [0.15, 0.2) is 14.8 Å². The lowest BCUT2D eigenvalue weighted by Crippen LogP contribution is -2.30. The second-order valence-electron chi connectivity index (χ2n) is 6.21. The molecular weight excluding hydrogens is 408 g/mol. The quantitative estimate of drug-likeness (QED) is 0.568. The van der Waals surface area contributed by atoms with Crippen molar-refractivity contribution in [1.82, 2.24) is 14.5 Å². The molecule has 1 heterocycles. The fourth-order valence-electron chi connectivity index (χ4n) is 2.93. The minimum Gasteiger partial charge on any atom is -0.496 e. The highest BCUT2D eigenvalue weighted by Crippen LogP contribution is 2.33. The van der Waals surface area contributed by atoms with Crippen LogP contribution in [0.15, 0.2) is 59.8 Å². The number of methoxy groups -OCH3 is 3. The van der Waals surface area contributed by atoms with Crippen molar-refractivity contribution in [2.24, 2.45) is 0 Å². The third-order valence-electron chi connectivity index (χ3n) is 4.35. The topological polar surface area (TPSA) is 116 Å². The Morgan fingerprint density at radius 3 is 2.30 bits per heavy atom. The lowest BCUT2D eigenvalue weighted by atomic mass is 10.1. The van der Waals surface area contributed by atoms with E-state index in [0.717, 1.165) is 5.56 Å². The van der Waals surface area contributed by atoms with Crippen LogP contribution in [0.25, 0.3) is 0 Å². The van der Waals surface area contributed by atoms with Crippen LogP contribution in [0.2, 0.25) is 0 Å². The van der Waals surface area contributed by atoms with Crippen molar-refractivity contribution in [3.8, 4) is 17.2 Å². The van der Waals surface area contributed by atoms with E-state index >= 15 is 0 Å². The van der Waals surface area contributed by atoms with E-state index in [1.54, 1.807) is 41.2 Å². The van der Waals surface area contributed by atoms with E-state index in [2.05, 4.69) is 9.82 Å². The van der Waals surface area contributed by atoms with Gasteiger partial charge in [-0.1, -0.05) is 12.1 Å². The molecule has 0 aliphatic carbocycles. The van der Waals surface area contributed by atoms with Crippen LogP contribution in [0.3, 0.4) is 0 Å². The molecule has 0 bridgehead atoms. The van der Waals surface area contributed by atoms with E-state index in [-0.39, 0.29) is 22.0 Å². The predicted molar refractivity (Wildman–Crippen MR) is 110 cm³/mol. The number of benzene rings is 2. The van der Waals surface area contributed by atoms with E-state index in [4.69, 9.17) is 19.0 Å². The lowest BCUT2D eigenvalue weighted by molar-refractivity contribution is 0.0982. The largest absolute Gasteiger partial charge is 0.496 e. The van der Waals surface area contributed by atoms with Crippen molar-refractivity contribution in [1.29, 1.82) is 4.78 Å². The van der Waals surface area contributed by atoms with Crippen LogP contribution in [0.4, 0.5) is 0 Å². The van der Waals surface area contributed by atoms with Gasteiger partial charge in [-0.05, 0) is 30.3 Å². The summed E-state index contributed by atoms with van der Waals surface area (Å²) in [6.07, 6.45) is 3.49. The van der Waals surface area contributed by atoms with Crippen molar-refractivity contribution >= 4 is 15.8 Å². The number of carbonyl (C=O) groups is 1. The first-order chi connectivity index (χ1) is 14.4. The second-order valence-corrected chi connectivity index (χ2v) is 7.93. The van der Waals surface area contributed by atoms with Gasteiger partial charge in [0.1, 0.15) is 17.2 Å². The van der Waals surface area contributed by atoms with Crippen molar-refractivity contribution in [3.05, 3.63) is 66.0 Å². The monoisotopic (exact) mass is 430 g/mol. The number of nitrogens with one attached hydrogen (secondary N) is 2. The molecule has 0 radical (unpaired) electrons. The maximum Gasteiger partial charge on any atom is 0.263 e. The van der Waals surface area contributed by atoms with Crippen LogP contribution in [-0.4, -0.2) is 41.2 Å². The number of amides is 1. The van der Waals surface area contributed by atoms with Crippen LogP contribution in [0.1, 0.15) is 15.9 Å². The number of aromatic nitrogens is 2. The first-order valence-corrected chi connectivity index (χ1v) is 10.4. The summed E-state index contributed by atoms with van der Waals surface area (Å²) in [5.41, 5.74) is 1.01. The molecule has 1 amide bonds. The number of hydrogen-bond acceptors (Lipinski definition) is 7. The highest BCUT2D eigenvalue weighted by Gasteiger charge is 2.24. The fraction of sp³-hybridized carbons (Fsp3) is 0.200. The van der Waals surface area contributed by atoms with Crippen LogP contribution in [0.5, 0.6) is 17.2 Å². The molecule has 10 heteroatoms. The smallest absolute Gasteiger partial charge is 0.263 e. The van der Waals surface area contributed by atoms with Crippen molar-refractivity contribution in [2.75, 3.05) is 21.3 Å². The summed E-state index contributed by atoms with van der Waals surface area (Å²) >= 11 is 0. The van der Waals surface area contributed by atoms with E-state index in [1.165, 1.54) is 27.4 Å². The Kier molecular flexibility index (Phi) is 6.26. The zero-order chi connectivity index (χ0) is 21.7. The van der Waals surface area contributed by atoms with Crippen LogP contribution in [-0.2, 0) is 16.5 Å². The molecule has 3 rings (SSSR count). The van der Waals surface area contributed by atoms with Gasteiger partial charge in [0.05, 0.1) is 27.9 Å². The Bertz CT molecular complexity index is 1120. The minimum absolute atomic E-state index is 0.0365. The first-order valence-electron chi connectivity index (χ1n) is 8.86. The molecular formula is C20H22N4O5S. The molecule has 1 atom stereocenters. The molecule has 2 aromatic carbocycles. The van der Waals surface area contributed by atoms with Gasteiger partial charge in [0, 0.05) is 23.5 Å². The summed E-state index contributed by atoms with van der Waals surface area (Å²) in [4.78, 5) is 12.7. The molecule has 0 spiro atoms. The summed E-state index contributed by atoms with van der Waals surface area (Å²) < 4.78 is 41.2. The molecule has 30 heavy (non-hydrogen) atoms. The van der Waals surface area contributed by atoms with E-state index in [1.807, 2.05) is 12.3 Å². The van der Waals surface area contributed by atoms with Gasteiger partial charge in [0.25, 0.3) is 5.91 Å². The molecule has 1 aromatic heterocycles. The molecule has 0 saturated heterocycles. The maximum absolute atomic E-state index is 13.1. The number of carbonyl (C=O) groups excluding carboxylic acids is 1. The Morgan fingerprint density at radius 1 is 1.07 bits per heavy atom. The number of hydrogen-bond donors (Lipinski definition) is 2. The van der Waals surface area contributed by atoms with Gasteiger partial charge in [-0.3, -0.25) is 14.2 Å². The molecule has 158 valence electrons. The summed E-state index contributed by atoms with van der Waals surface area (Å²) in [6, 6.07) is 11.4. The standard InChI is InChI=1S/C20H22N4O5S/c1-27-16-6-4-7-17(28-2)19(16)30(21,26)23-20(25)14-8-9-15(18(12-14)29-3)13-24-11-5-10-22-24/h4-12H,13H2,1-3H3,(H2,21,23,25,26)/t30-/m0/s1. The first kappa shape index (κ1) is 21.2. The molecule has 0 saturated carbocycles. The summed E-state index contributed by atoms with van der Waals surface area (Å²) in [5.74, 6) is 0.153. The summed E-state index contributed by atoms with van der Waals surface area (Å²) in [5, 5.41) is 4.15. The van der Waals surface area contributed by atoms with Gasteiger partial charge in [-0.2, -0.15) is 5.10 Å². The van der Waals surface area contributed by atoms with Gasteiger partial charge >= 0.3 is 0 Å². The molecule has 0 fully saturated rings. The second kappa shape index (κ2) is 8.87. The Hall–Kier alpha value is -3.53. The van der Waals surface area contributed by atoms with Gasteiger partial charge < -0.3 is 14.2 Å². The maximum atomic E-state index is 13.1. The summed E-state index contributed by atoms with van der Waals surface area (Å²) in [6.45, 7) is 0.464. The normalized spacial score (nSPS) is 12.6. The molecule has 0 aliphatic rings. The van der Waals surface area contributed by atoms with Gasteiger partial charge in [-0.15, -0.1) is 0 Å². The fourth-order valence-corrected chi connectivity index (χ4v) is 4.28. The molecule has 0 unspecified atom stereocenters. The lowest BCUT2D eigenvalue weighted by Gasteiger charge is -2.17. The average Bonchev–Trinajstić information content (AvgIpc) is 3.26. The number of nitrogens with zero attached hydrogens (tertiary/aromatic N) is 2. The molecule has 2 N–H and O–H groups in total. The third-order valence-corrected chi connectivity index (χ3v) is 5.80. The van der Waals surface area contributed by atoms with Crippen LogP contribution >= 0.6 is 0 Å². The highest BCUT2D eigenvalue weighted by molar-refractivity contribution is 7.91. The van der Waals surface area contributed by atoms with Crippen molar-refractivity contribution < 1.29 is 23.2 Å². The molecule has 9 nitrogen and oxygen atoms in total. The Balaban J connectivity index is 1.89. The number of ether oxygens (including phenoxy) is 3. The van der Waals surface area contributed by atoms with Gasteiger partial charge in [-0.25, -0.2) is 8.99 Å². The number of rotatable bonds is 8. The van der Waals surface area contributed by atoms with Crippen LogP contribution in [0, 0.1) is 4.78 Å². The SMILES string of the molecule is COc1cc(C(=O)N[S@](=N)(=O)c2c(OC)cccc2OC)ccc1Cn1cccn1. The predicted octanol–water partition coefficient (Wildman–Crippen LogP) is 2.71. The minimum atomic E-state index is -3.77. The van der Waals surface area contributed by atoms with Crippen molar-refractivity contribution in [2.45, 2.75) is 11.4 Å². The van der Waals surface area contributed by atoms with E-state index < -0.39 is 15.8 Å². The van der Waals surface area contributed by atoms with E-state index in [9.17, 15) is 9.00 Å². The van der Waals surface area contributed by atoms with Crippen LogP contribution < -0.4 is 18.9 Å². The van der Waals surface area contributed by atoms with Gasteiger partial charge in [0.2, 0.25) is 0 Å².